The van der Waals surface area contributed by atoms with Gasteiger partial charge < -0.3 is 9.88 Å². The third-order valence-electron chi connectivity index (χ3n) is 4.01. The van der Waals surface area contributed by atoms with Crippen LogP contribution in [0.15, 0.2) is 42.7 Å². The quantitative estimate of drug-likeness (QED) is 0.926. The lowest BCUT2D eigenvalue weighted by atomic mass is 9.84. The number of nitrogens with one attached hydrogen (secondary N) is 1. The monoisotopic (exact) mass is 269 g/mol. The lowest BCUT2D eigenvalue weighted by Crippen LogP contribution is -2.38. The molecule has 0 saturated heterocycles. The highest BCUT2D eigenvalue weighted by atomic mass is 16.2. The molecule has 1 aliphatic carbocycles. The fourth-order valence-electron chi connectivity index (χ4n) is 2.53. The van der Waals surface area contributed by atoms with Crippen molar-refractivity contribution in [2.24, 2.45) is 13.0 Å². The van der Waals surface area contributed by atoms with Crippen molar-refractivity contribution in [3.8, 4) is 0 Å². The second-order valence-electron chi connectivity index (χ2n) is 5.38. The van der Waals surface area contributed by atoms with E-state index in [2.05, 4.69) is 10.3 Å². The molecule has 1 aliphatic rings. The van der Waals surface area contributed by atoms with Crippen LogP contribution in [0.3, 0.4) is 0 Å². The molecule has 4 nitrogen and oxygen atoms in total. The molecular formula is C16H19N3O. The van der Waals surface area contributed by atoms with Crippen LogP contribution in [0, 0.1) is 5.92 Å². The minimum Gasteiger partial charge on any atom is -0.342 e. The molecule has 1 heterocycles. The highest BCUT2D eigenvalue weighted by Crippen LogP contribution is 2.28. The zero-order valence-corrected chi connectivity index (χ0v) is 11.6. The average Bonchev–Trinajstić information content (AvgIpc) is 2.81. The molecule has 1 aromatic carbocycles. The third-order valence-corrected chi connectivity index (χ3v) is 4.01. The number of rotatable bonds is 4. The first-order valence-corrected chi connectivity index (χ1v) is 7.08. The third kappa shape index (κ3) is 2.46. The average molecular weight is 269 g/mol. The Hall–Kier alpha value is -2.10. The maximum atomic E-state index is 12.3. The van der Waals surface area contributed by atoms with Gasteiger partial charge in [-0.3, -0.25) is 4.79 Å². The number of amides is 1. The molecule has 0 radical (unpaired) electrons. The molecule has 1 atom stereocenters. The Morgan fingerprint density at radius 2 is 2.10 bits per heavy atom. The molecule has 104 valence electrons. The van der Waals surface area contributed by atoms with Gasteiger partial charge in [-0.25, -0.2) is 4.98 Å². The second-order valence-corrected chi connectivity index (χ2v) is 5.38. The zero-order chi connectivity index (χ0) is 13.9. The Bertz CT molecular complexity index is 587. The molecule has 2 aromatic rings. The van der Waals surface area contributed by atoms with Crippen molar-refractivity contribution in [2.75, 3.05) is 0 Å². The number of aryl methyl sites for hydroxylation is 1. The molecule has 3 rings (SSSR count). The van der Waals surface area contributed by atoms with Gasteiger partial charge >= 0.3 is 0 Å². The van der Waals surface area contributed by atoms with Gasteiger partial charge in [0.2, 0.25) is 5.91 Å². The maximum Gasteiger partial charge on any atom is 0.223 e. The summed E-state index contributed by atoms with van der Waals surface area (Å²) in [6.45, 7) is 0. The highest BCUT2D eigenvalue weighted by molar-refractivity contribution is 5.80. The van der Waals surface area contributed by atoms with E-state index >= 15 is 0 Å². The first-order chi connectivity index (χ1) is 9.75. The van der Waals surface area contributed by atoms with Gasteiger partial charge in [0.15, 0.2) is 0 Å². The first-order valence-electron chi connectivity index (χ1n) is 7.08. The van der Waals surface area contributed by atoms with Crippen LogP contribution in [0.1, 0.15) is 36.7 Å². The summed E-state index contributed by atoms with van der Waals surface area (Å²) in [4.78, 5) is 16.7. The molecule has 1 amide bonds. The maximum absolute atomic E-state index is 12.3. The van der Waals surface area contributed by atoms with Crippen molar-refractivity contribution in [3.05, 3.63) is 54.1 Å². The topological polar surface area (TPSA) is 46.9 Å². The molecule has 0 aliphatic heterocycles. The lowest BCUT2D eigenvalue weighted by Gasteiger charge is -2.27. The number of benzene rings is 1. The van der Waals surface area contributed by atoms with Crippen LogP contribution >= 0.6 is 0 Å². The van der Waals surface area contributed by atoms with Crippen molar-refractivity contribution in [3.63, 3.8) is 0 Å². The summed E-state index contributed by atoms with van der Waals surface area (Å²) in [7, 11) is 1.95. The predicted molar refractivity (Wildman–Crippen MR) is 77.0 cm³/mol. The Balaban J connectivity index is 1.87. The number of nitrogens with zero attached hydrogens (tertiary/aromatic N) is 2. The van der Waals surface area contributed by atoms with Crippen LogP contribution in [0.5, 0.6) is 0 Å². The largest absolute Gasteiger partial charge is 0.342 e. The second kappa shape index (κ2) is 5.49. The van der Waals surface area contributed by atoms with Gasteiger partial charge in [0, 0.05) is 25.4 Å². The van der Waals surface area contributed by atoms with Crippen molar-refractivity contribution < 1.29 is 4.79 Å². The van der Waals surface area contributed by atoms with E-state index in [-0.39, 0.29) is 17.9 Å². The zero-order valence-electron chi connectivity index (χ0n) is 11.6. The van der Waals surface area contributed by atoms with Gasteiger partial charge in [-0.15, -0.1) is 0 Å². The van der Waals surface area contributed by atoms with Crippen LogP contribution in [-0.4, -0.2) is 15.5 Å². The van der Waals surface area contributed by atoms with Gasteiger partial charge in [0.1, 0.15) is 11.9 Å². The van der Waals surface area contributed by atoms with E-state index in [1.165, 1.54) is 0 Å². The van der Waals surface area contributed by atoms with Crippen molar-refractivity contribution in [1.29, 1.82) is 0 Å². The number of carbonyl (C=O) groups is 1. The number of imidazole rings is 1. The number of hydrogen-bond donors (Lipinski definition) is 1. The van der Waals surface area contributed by atoms with Gasteiger partial charge in [0.05, 0.1) is 0 Å². The first kappa shape index (κ1) is 12.9. The normalized spacial score (nSPS) is 16.4. The molecule has 0 unspecified atom stereocenters. The Labute approximate surface area is 118 Å². The minimum atomic E-state index is -0.177. The molecule has 0 spiro atoms. The van der Waals surface area contributed by atoms with Crippen LogP contribution in [0.25, 0.3) is 0 Å². The lowest BCUT2D eigenvalue weighted by molar-refractivity contribution is -0.127. The number of carbonyl (C=O) groups excluding carboxylic acids is 1. The number of hydrogen-bond acceptors (Lipinski definition) is 2. The van der Waals surface area contributed by atoms with E-state index in [0.717, 1.165) is 30.7 Å². The summed E-state index contributed by atoms with van der Waals surface area (Å²) in [5.74, 6) is 1.19. The summed E-state index contributed by atoms with van der Waals surface area (Å²) in [5.41, 5.74) is 1.06. The van der Waals surface area contributed by atoms with Crippen molar-refractivity contribution in [1.82, 2.24) is 14.9 Å². The van der Waals surface area contributed by atoms with Crippen molar-refractivity contribution >= 4 is 5.91 Å². The molecule has 0 bridgehead atoms. The standard InChI is InChI=1S/C16H19N3O/c1-19-11-10-17-15(19)14(12-6-3-2-4-7-12)18-16(20)13-8-5-9-13/h2-4,6-7,10-11,13-14H,5,8-9H2,1H3,(H,18,20)/t14-/m0/s1. The Kier molecular flexibility index (Phi) is 3.54. The molecule has 1 fully saturated rings. The SMILES string of the molecule is Cn1ccnc1[C@@H](NC(=O)C1CCC1)c1ccccc1. The van der Waals surface area contributed by atoms with E-state index in [1.54, 1.807) is 6.20 Å². The van der Waals surface area contributed by atoms with E-state index in [4.69, 9.17) is 0 Å². The van der Waals surface area contributed by atoms with Crippen LogP contribution < -0.4 is 5.32 Å². The molecule has 20 heavy (non-hydrogen) atoms. The van der Waals surface area contributed by atoms with Crippen molar-refractivity contribution in [2.45, 2.75) is 25.3 Å². The highest BCUT2D eigenvalue weighted by Gasteiger charge is 2.29. The van der Waals surface area contributed by atoms with E-state index < -0.39 is 0 Å². The van der Waals surface area contributed by atoms with Crippen LogP contribution in [0.2, 0.25) is 0 Å². The smallest absolute Gasteiger partial charge is 0.223 e. The minimum absolute atomic E-state index is 0.146. The van der Waals surface area contributed by atoms with Crippen LogP contribution in [0.4, 0.5) is 0 Å². The van der Waals surface area contributed by atoms with Gasteiger partial charge in [-0.2, -0.15) is 0 Å². The number of aromatic nitrogens is 2. The summed E-state index contributed by atoms with van der Waals surface area (Å²) >= 11 is 0. The molecule has 1 saturated carbocycles. The van der Waals surface area contributed by atoms with E-state index in [0.29, 0.717) is 0 Å². The summed E-state index contributed by atoms with van der Waals surface area (Å²) in [6, 6.07) is 9.83. The Morgan fingerprint density at radius 3 is 2.65 bits per heavy atom. The van der Waals surface area contributed by atoms with Crippen LogP contribution in [-0.2, 0) is 11.8 Å². The molecular weight excluding hydrogens is 250 g/mol. The summed E-state index contributed by atoms with van der Waals surface area (Å²) in [5, 5.41) is 3.16. The fourth-order valence-corrected chi connectivity index (χ4v) is 2.53. The van der Waals surface area contributed by atoms with Gasteiger partial charge in [0.25, 0.3) is 0 Å². The Morgan fingerprint density at radius 1 is 1.35 bits per heavy atom. The fraction of sp³-hybridized carbons (Fsp3) is 0.375. The van der Waals surface area contributed by atoms with E-state index in [9.17, 15) is 4.79 Å². The molecule has 1 aromatic heterocycles. The van der Waals surface area contributed by atoms with Gasteiger partial charge in [-0.1, -0.05) is 36.8 Å². The summed E-state index contributed by atoms with van der Waals surface area (Å²) in [6.07, 6.45) is 6.85. The van der Waals surface area contributed by atoms with E-state index in [1.807, 2.05) is 48.1 Å². The molecule has 1 N–H and O–H groups in total. The van der Waals surface area contributed by atoms with Gasteiger partial charge in [-0.05, 0) is 18.4 Å². The summed E-state index contributed by atoms with van der Waals surface area (Å²) < 4.78 is 1.96. The predicted octanol–water partition coefficient (Wildman–Crippen LogP) is 2.43. The molecule has 4 heteroatoms.